The molecule has 0 aromatic heterocycles. The Labute approximate surface area is 104 Å². The summed E-state index contributed by atoms with van der Waals surface area (Å²) in [4.78, 5) is 0. The highest BCUT2D eigenvalue weighted by atomic mass is 32.2. The number of rotatable bonds is 2. The van der Waals surface area contributed by atoms with E-state index in [1.807, 2.05) is 0 Å². The molecule has 3 fully saturated rings. The van der Waals surface area contributed by atoms with Crippen molar-refractivity contribution in [1.29, 1.82) is 0 Å². The molecule has 0 aromatic carbocycles. The molecule has 1 heterocycles. The number of hydrogen-bond donors (Lipinski definition) is 0. The summed E-state index contributed by atoms with van der Waals surface area (Å²) >= 11 is 0. The van der Waals surface area contributed by atoms with Crippen LogP contribution in [0.5, 0.6) is 0 Å². The van der Waals surface area contributed by atoms with Crippen molar-refractivity contribution in [2.75, 3.05) is 0 Å². The topological polar surface area (TPSA) is 43.4 Å². The Kier molecular flexibility index (Phi) is 2.45. The molecule has 3 nitrogen and oxygen atoms in total. The molecule has 2 aliphatic carbocycles. The van der Waals surface area contributed by atoms with Gasteiger partial charge in [-0.25, -0.2) is 0 Å². The van der Waals surface area contributed by atoms with E-state index in [2.05, 4.69) is 27.7 Å². The molecule has 3 aliphatic rings. The molecule has 17 heavy (non-hydrogen) atoms. The summed E-state index contributed by atoms with van der Waals surface area (Å²) < 4.78 is 29.7. The molecule has 0 N–H and O–H groups in total. The van der Waals surface area contributed by atoms with Crippen molar-refractivity contribution in [3.05, 3.63) is 0 Å². The van der Waals surface area contributed by atoms with E-state index in [-0.39, 0.29) is 17.3 Å². The van der Waals surface area contributed by atoms with Crippen LogP contribution in [-0.2, 0) is 14.3 Å². The van der Waals surface area contributed by atoms with E-state index in [1.165, 1.54) is 0 Å². The fourth-order valence-corrected chi connectivity index (χ4v) is 7.21. The van der Waals surface area contributed by atoms with E-state index >= 15 is 0 Å². The first-order valence-corrected chi connectivity index (χ1v) is 8.24. The molecule has 0 amide bonds. The van der Waals surface area contributed by atoms with E-state index < -0.39 is 10.1 Å². The molecule has 6 atom stereocenters. The SMILES string of the molecule is CC(C)C1C2CC3C1OS(=O)(=O)C3C2C(C)C. The Morgan fingerprint density at radius 2 is 1.59 bits per heavy atom. The summed E-state index contributed by atoms with van der Waals surface area (Å²) in [6.45, 7) is 8.72. The van der Waals surface area contributed by atoms with Gasteiger partial charge in [0.1, 0.15) is 0 Å². The highest BCUT2D eigenvalue weighted by Gasteiger charge is 2.68. The van der Waals surface area contributed by atoms with Gasteiger partial charge in [-0.2, -0.15) is 8.42 Å². The van der Waals surface area contributed by atoms with Crippen LogP contribution in [0.15, 0.2) is 0 Å². The van der Waals surface area contributed by atoms with Gasteiger partial charge < -0.3 is 0 Å². The average molecular weight is 258 g/mol. The molecule has 2 bridgehead atoms. The molecule has 6 unspecified atom stereocenters. The first-order valence-electron chi connectivity index (χ1n) is 6.76. The van der Waals surface area contributed by atoms with Gasteiger partial charge in [0.2, 0.25) is 0 Å². The van der Waals surface area contributed by atoms with Crippen molar-refractivity contribution >= 4 is 10.1 Å². The van der Waals surface area contributed by atoms with E-state index in [0.29, 0.717) is 29.6 Å². The maximum absolute atomic E-state index is 12.1. The first kappa shape index (κ1) is 12.0. The largest absolute Gasteiger partial charge is 0.271 e. The van der Waals surface area contributed by atoms with Gasteiger partial charge >= 0.3 is 0 Å². The fraction of sp³-hybridized carbons (Fsp3) is 1.00. The first-order chi connectivity index (χ1) is 7.84. The quantitative estimate of drug-likeness (QED) is 0.714. The lowest BCUT2D eigenvalue weighted by Gasteiger charge is -2.36. The predicted molar refractivity (Wildman–Crippen MR) is 65.8 cm³/mol. The zero-order chi connectivity index (χ0) is 12.5. The van der Waals surface area contributed by atoms with Crippen LogP contribution < -0.4 is 0 Å². The second-order valence-corrected chi connectivity index (χ2v) is 8.45. The average Bonchev–Trinajstić information content (AvgIpc) is 2.73. The maximum Gasteiger partial charge on any atom is 0.271 e. The Morgan fingerprint density at radius 1 is 1.00 bits per heavy atom. The third-order valence-electron chi connectivity index (χ3n) is 5.25. The lowest BCUT2D eigenvalue weighted by Crippen LogP contribution is -2.41. The highest BCUT2D eigenvalue weighted by molar-refractivity contribution is 7.87. The van der Waals surface area contributed by atoms with Crippen LogP contribution in [0.3, 0.4) is 0 Å². The lowest BCUT2D eigenvalue weighted by atomic mass is 9.70. The molecule has 3 rings (SSSR count). The minimum atomic E-state index is -3.29. The summed E-state index contributed by atoms with van der Waals surface area (Å²) in [5, 5.41) is -0.201. The fourth-order valence-electron chi connectivity index (χ4n) is 4.91. The van der Waals surface area contributed by atoms with Crippen LogP contribution in [-0.4, -0.2) is 19.8 Å². The molecule has 2 saturated carbocycles. The molecule has 98 valence electrons. The minimum Gasteiger partial charge on any atom is -0.266 e. The van der Waals surface area contributed by atoms with Crippen LogP contribution in [0.25, 0.3) is 0 Å². The summed E-state index contributed by atoms with van der Waals surface area (Å²) in [6, 6.07) is 0. The predicted octanol–water partition coefficient (Wildman–Crippen LogP) is 2.28. The van der Waals surface area contributed by atoms with E-state index in [0.717, 1.165) is 6.42 Å². The maximum atomic E-state index is 12.1. The van der Waals surface area contributed by atoms with Gasteiger partial charge in [0, 0.05) is 5.92 Å². The van der Waals surface area contributed by atoms with E-state index in [9.17, 15) is 8.42 Å². The van der Waals surface area contributed by atoms with Crippen molar-refractivity contribution in [3.63, 3.8) is 0 Å². The van der Waals surface area contributed by atoms with Gasteiger partial charge in [0.15, 0.2) is 0 Å². The monoisotopic (exact) mass is 258 g/mol. The van der Waals surface area contributed by atoms with Gasteiger partial charge in [0.05, 0.1) is 11.4 Å². The molecule has 0 aromatic rings. The molecule has 0 spiro atoms. The van der Waals surface area contributed by atoms with Gasteiger partial charge in [0.25, 0.3) is 10.1 Å². The summed E-state index contributed by atoms with van der Waals surface area (Å²) in [6.07, 6.45) is 1.06. The van der Waals surface area contributed by atoms with Crippen LogP contribution in [0.1, 0.15) is 34.1 Å². The molecule has 1 aliphatic heterocycles. The lowest BCUT2D eigenvalue weighted by molar-refractivity contribution is 0.0642. The van der Waals surface area contributed by atoms with Gasteiger partial charge in [-0.3, -0.25) is 4.18 Å². The van der Waals surface area contributed by atoms with E-state index in [4.69, 9.17) is 4.18 Å². The van der Waals surface area contributed by atoms with Crippen LogP contribution in [0, 0.1) is 35.5 Å². The zero-order valence-electron chi connectivity index (χ0n) is 11.0. The second-order valence-electron chi connectivity index (χ2n) is 6.72. The molecule has 0 radical (unpaired) electrons. The van der Waals surface area contributed by atoms with Crippen molar-refractivity contribution in [2.24, 2.45) is 35.5 Å². The third-order valence-corrected chi connectivity index (χ3v) is 7.07. The normalized spacial score (nSPS) is 50.7. The van der Waals surface area contributed by atoms with Crippen molar-refractivity contribution < 1.29 is 12.6 Å². The smallest absolute Gasteiger partial charge is 0.266 e. The van der Waals surface area contributed by atoms with Crippen LogP contribution in [0.4, 0.5) is 0 Å². The molecule has 1 saturated heterocycles. The van der Waals surface area contributed by atoms with Crippen molar-refractivity contribution in [2.45, 2.75) is 45.5 Å². The summed E-state index contributed by atoms with van der Waals surface area (Å²) in [5.74, 6) is 2.56. The summed E-state index contributed by atoms with van der Waals surface area (Å²) in [5.41, 5.74) is 0. The Balaban J connectivity index is 2.06. The Bertz CT molecular complexity index is 426. The van der Waals surface area contributed by atoms with E-state index in [1.54, 1.807) is 0 Å². The molecular formula is C13H22O3S. The van der Waals surface area contributed by atoms with Crippen LogP contribution >= 0.6 is 0 Å². The standard InChI is InChI=1S/C13H22O3S/c1-6(2)10-8-5-9-12(10)16-17(14,15)13(9)11(8)7(3)4/h6-13H,5H2,1-4H3. The molecular weight excluding hydrogens is 236 g/mol. The summed E-state index contributed by atoms with van der Waals surface area (Å²) in [7, 11) is -3.29. The Morgan fingerprint density at radius 3 is 2.12 bits per heavy atom. The van der Waals surface area contributed by atoms with Gasteiger partial charge in [-0.1, -0.05) is 27.7 Å². The van der Waals surface area contributed by atoms with Crippen molar-refractivity contribution in [1.82, 2.24) is 0 Å². The van der Waals surface area contributed by atoms with Gasteiger partial charge in [-0.15, -0.1) is 0 Å². The minimum absolute atomic E-state index is 0.00926. The molecule has 4 heteroatoms. The Hall–Kier alpha value is -0.0900. The second kappa shape index (κ2) is 3.47. The highest BCUT2D eigenvalue weighted by Crippen LogP contribution is 2.63. The zero-order valence-corrected chi connectivity index (χ0v) is 11.8. The van der Waals surface area contributed by atoms with Crippen LogP contribution in [0.2, 0.25) is 0 Å². The number of hydrogen-bond acceptors (Lipinski definition) is 3. The van der Waals surface area contributed by atoms with Gasteiger partial charge in [-0.05, 0) is 36.0 Å². The number of fused-ring (bicyclic) bond motifs is 1. The third kappa shape index (κ3) is 1.40. The van der Waals surface area contributed by atoms with Crippen molar-refractivity contribution in [3.8, 4) is 0 Å².